The summed E-state index contributed by atoms with van der Waals surface area (Å²) in [6.07, 6.45) is 0. The van der Waals surface area contributed by atoms with E-state index in [9.17, 15) is 9.59 Å². The minimum absolute atomic E-state index is 0.0200. The summed E-state index contributed by atoms with van der Waals surface area (Å²) in [5, 5.41) is 27.0. The van der Waals surface area contributed by atoms with Gasteiger partial charge in [0.2, 0.25) is 0 Å². The van der Waals surface area contributed by atoms with Gasteiger partial charge in [-0.05, 0) is 40.8 Å². The van der Waals surface area contributed by atoms with E-state index in [1.807, 2.05) is 22.6 Å². The van der Waals surface area contributed by atoms with Crippen molar-refractivity contribution in [3.63, 3.8) is 0 Å². The number of hydrogen-bond donors (Lipinski definition) is 4. The van der Waals surface area contributed by atoms with Crippen LogP contribution in [0.3, 0.4) is 0 Å². The molecular weight excluding hydrogens is 379 g/mol. The van der Waals surface area contributed by atoms with Gasteiger partial charge in [-0.1, -0.05) is 5.21 Å². The number of carbonyl (C=O) groups excluding carboxylic acids is 1. The Morgan fingerprint density at radius 2 is 2.20 bits per heavy atom. The minimum Gasteiger partial charge on any atom is -0.478 e. The number of urea groups is 1. The smallest absolute Gasteiger partial charge is 0.337 e. The highest BCUT2D eigenvalue weighted by Crippen LogP contribution is 2.18. The summed E-state index contributed by atoms with van der Waals surface area (Å²) in [7, 11) is 0. The Morgan fingerprint density at radius 3 is 2.85 bits per heavy atom. The summed E-state index contributed by atoms with van der Waals surface area (Å²) < 4.78 is 0.762. The van der Waals surface area contributed by atoms with E-state index in [1.54, 1.807) is 6.07 Å². The van der Waals surface area contributed by atoms with Crippen molar-refractivity contribution < 1.29 is 14.7 Å². The number of hydrogen-bond acceptors (Lipinski definition) is 5. The molecule has 10 heteroatoms. The Labute approximate surface area is 126 Å². The number of aromatic carboxylic acids is 1. The summed E-state index contributed by atoms with van der Waals surface area (Å²) >= 11 is 1.99. The normalized spacial score (nSPS) is 10.1. The van der Waals surface area contributed by atoms with Crippen LogP contribution < -0.4 is 10.6 Å². The van der Waals surface area contributed by atoms with Gasteiger partial charge in [0.25, 0.3) is 0 Å². The molecule has 9 nitrogen and oxygen atoms in total. The van der Waals surface area contributed by atoms with Crippen molar-refractivity contribution >= 4 is 40.3 Å². The molecule has 0 aliphatic carbocycles. The van der Waals surface area contributed by atoms with E-state index in [4.69, 9.17) is 5.11 Å². The first-order valence-electron chi connectivity index (χ1n) is 5.36. The Kier molecular flexibility index (Phi) is 4.45. The zero-order valence-corrected chi connectivity index (χ0v) is 12.1. The van der Waals surface area contributed by atoms with Crippen LogP contribution in [0.25, 0.3) is 0 Å². The second kappa shape index (κ2) is 6.27. The van der Waals surface area contributed by atoms with Crippen LogP contribution in [-0.2, 0) is 6.54 Å². The van der Waals surface area contributed by atoms with Gasteiger partial charge in [0.1, 0.15) is 0 Å². The molecule has 0 atom stereocenters. The molecule has 0 bridgehead atoms. The third-order valence-corrected chi connectivity index (χ3v) is 2.93. The quantitative estimate of drug-likeness (QED) is 0.574. The molecular formula is C10H9IN6O3. The SMILES string of the molecule is O=C(NCc1nn[nH]n1)Nc1ccc(I)cc1C(=O)O. The lowest BCUT2D eigenvalue weighted by Gasteiger charge is -2.09. The van der Waals surface area contributed by atoms with Crippen LogP contribution in [0.1, 0.15) is 16.2 Å². The summed E-state index contributed by atoms with van der Waals surface area (Å²) in [6.45, 7) is 0.0785. The van der Waals surface area contributed by atoms with Crippen molar-refractivity contribution in [1.29, 1.82) is 0 Å². The number of carboxylic acid groups (broad SMARTS) is 1. The van der Waals surface area contributed by atoms with Crippen LogP contribution in [0.2, 0.25) is 0 Å². The van der Waals surface area contributed by atoms with Crippen molar-refractivity contribution in [1.82, 2.24) is 25.9 Å². The monoisotopic (exact) mass is 388 g/mol. The van der Waals surface area contributed by atoms with Gasteiger partial charge in [0, 0.05) is 3.57 Å². The van der Waals surface area contributed by atoms with Crippen LogP contribution in [0.15, 0.2) is 18.2 Å². The Morgan fingerprint density at radius 1 is 1.40 bits per heavy atom. The maximum absolute atomic E-state index is 11.7. The molecule has 0 fully saturated rings. The van der Waals surface area contributed by atoms with Crippen LogP contribution in [0, 0.1) is 3.57 Å². The zero-order valence-electron chi connectivity index (χ0n) is 9.92. The van der Waals surface area contributed by atoms with E-state index in [0.717, 1.165) is 3.57 Å². The molecule has 104 valence electrons. The molecule has 4 N–H and O–H groups in total. The van der Waals surface area contributed by atoms with E-state index < -0.39 is 12.0 Å². The van der Waals surface area contributed by atoms with Crippen molar-refractivity contribution in [2.45, 2.75) is 6.54 Å². The fraction of sp³-hybridized carbons (Fsp3) is 0.100. The van der Waals surface area contributed by atoms with E-state index in [2.05, 4.69) is 31.3 Å². The van der Waals surface area contributed by atoms with Crippen molar-refractivity contribution in [2.75, 3.05) is 5.32 Å². The number of amides is 2. The molecule has 0 saturated heterocycles. The first-order valence-corrected chi connectivity index (χ1v) is 6.44. The standard InChI is InChI=1S/C10H9IN6O3/c11-5-1-2-7(6(3-5)9(18)19)13-10(20)12-4-8-14-16-17-15-8/h1-3H,4H2,(H,18,19)(H2,12,13,20)(H,14,15,16,17). The van der Waals surface area contributed by atoms with Crippen LogP contribution in [-0.4, -0.2) is 37.7 Å². The van der Waals surface area contributed by atoms with Gasteiger partial charge in [-0.3, -0.25) is 0 Å². The molecule has 1 heterocycles. The van der Waals surface area contributed by atoms with Gasteiger partial charge in [0.15, 0.2) is 5.82 Å². The summed E-state index contributed by atoms with van der Waals surface area (Å²) in [6, 6.07) is 4.14. The van der Waals surface area contributed by atoms with Gasteiger partial charge in [0.05, 0.1) is 17.8 Å². The van der Waals surface area contributed by atoms with Gasteiger partial charge in [-0.15, -0.1) is 10.2 Å². The molecule has 0 spiro atoms. The number of H-pyrrole nitrogens is 1. The molecule has 0 radical (unpaired) electrons. The van der Waals surface area contributed by atoms with Gasteiger partial charge >= 0.3 is 12.0 Å². The number of nitrogens with one attached hydrogen (secondary N) is 3. The predicted octanol–water partition coefficient (Wildman–Crippen LogP) is 0.824. The van der Waals surface area contributed by atoms with E-state index in [1.165, 1.54) is 12.1 Å². The molecule has 0 aliphatic heterocycles. The summed E-state index contributed by atoms with van der Waals surface area (Å²) in [4.78, 5) is 22.8. The Hall–Kier alpha value is -2.24. The maximum atomic E-state index is 11.7. The first kappa shape index (κ1) is 14.2. The van der Waals surface area contributed by atoms with Gasteiger partial charge < -0.3 is 15.7 Å². The number of tetrazole rings is 1. The van der Waals surface area contributed by atoms with E-state index in [-0.39, 0.29) is 17.8 Å². The average molecular weight is 388 g/mol. The molecule has 1 aromatic heterocycles. The second-order valence-corrected chi connectivity index (χ2v) is 4.88. The molecule has 20 heavy (non-hydrogen) atoms. The lowest BCUT2D eigenvalue weighted by Crippen LogP contribution is -2.29. The summed E-state index contributed by atoms with van der Waals surface area (Å²) in [5.41, 5.74) is 0.232. The van der Waals surface area contributed by atoms with Crippen molar-refractivity contribution in [3.05, 3.63) is 33.2 Å². The Balaban J connectivity index is 2.02. The molecule has 2 aromatic rings. The molecule has 0 aliphatic rings. The maximum Gasteiger partial charge on any atom is 0.337 e. The highest BCUT2D eigenvalue weighted by Gasteiger charge is 2.13. The van der Waals surface area contributed by atoms with Gasteiger partial charge in [-0.2, -0.15) is 5.21 Å². The summed E-state index contributed by atoms with van der Waals surface area (Å²) in [5.74, 6) is -0.793. The lowest BCUT2D eigenvalue weighted by atomic mass is 10.2. The minimum atomic E-state index is -1.11. The fourth-order valence-electron chi connectivity index (χ4n) is 1.39. The number of carboxylic acids is 1. The zero-order chi connectivity index (χ0) is 14.5. The number of benzene rings is 1. The van der Waals surface area contributed by atoms with Crippen molar-refractivity contribution in [3.8, 4) is 0 Å². The second-order valence-electron chi connectivity index (χ2n) is 3.63. The van der Waals surface area contributed by atoms with Crippen molar-refractivity contribution in [2.24, 2.45) is 0 Å². The number of nitrogens with zero attached hydrogens (tertiary/aromatic N) is 3. The molecule has 2 rings (SSSR count). The number of aromatic nitrogens is 4. The van der Waals surface area contributed by atoms with E-state index >= 15 is 0 Å². The molecule has 2 amide bonds. The number of anilines is 1. The number of aromatic amines is 1. The van der Waals surface area contributed by atoms with E-state index in [0.29, 0.717) is 5.82 Å². The van der Waals surface area contributed by atoms with Crippen LogP contribution >= 0.6 is 22.6 Å². The molecule has 1 aromatic carbocycles. The number of halogens is 1. The number of rotatable bonds is 4. The fourth-order valence-corrected chi connectivity index (χ4v) is 1.88. The Bertz CT molecular complexity index is 630. The topological polar surface area (TPSA) is 133 Å². The number of carbonyl (C=O) groups is 2. The average Bonchev–Trinajstić information content (AvgIpc) is 2.91. The third-order valence-electron chi connectivity index (χ3n) is 2.26. The molecule has 0 unspecified atom stereocenters. The largest absolute Gasteiger partial charge is 0.478 e. The highest BCUT2D eigenvalue weighted by molar-refractivity contribution is 14.1. The van der Waals surface area contributed by atoms with Crippen LogP contribution in [0.4, 0.5) is 10.5 Å². The lowest BCUT2D eigenvalue weighted by molar-refractivity contribution is 0.0698. The van der Waals surface area contributed by atoms with Gasteiger partial charge in [-0.25, -0.2) is 9.59 Å². The molecule has 0 saturated carbocycles. The van der Waals surface area contributed by atoms with Crippen LogP contribution in [0.5, 0.6) is 0 Å². The first-order chi connectivity index (χ1) is 9.56. The third kappa shape index (κ3) is 3.63. The predicted molar refractivity (Wildman–Crippen MR) is 76.2 cm³/mol. The highest BCUT2D eigenvalue weighted by atomic mass is 127.